The second kappa shape index (κ2) is 8.15. The zero-order valence-corrected chi connectivity index (χ0v) is 18.7. The number of fused-ring (bicyclic) bond motifs is 1. The van der Waals surface area contributed by atoms with E-state index >= 15 is 0 Å². The van der Waals surface area contributed by atoms with Crippen LogP contribution in [0.25, 0.3) is 22.2 Å². The van der Waals surface area contributed by atoms with Crippen LogP contribution in [0.2, 0.25) is 0 Å². The number of amides is 4. The van der Waals surface area contributed by atoms with E-state index in [1.54, 1.807) is 4.90 Å². The van der Waals surface area contributed by atoms with Crippen molar-refractivity contribution in [3.05, 3.63) is 59.6 Å². The molecule has 0 bridgehead atoms. The van der Waals surface area contributed by atoms with Gasteiger partial charge in [0.2, 0.25) is 23.5 Å². The fourth-order valence-corrected chi connectivity index (χ4v) is 5.07. The van der Waals surface area contributed by atoms with Gasteiger partial charge in [-0.1, -0.05) is 47.6 Å². The minimum Gasteiger partial charge on any atom is -0.357 e. The predicted molar refractivity (Wildman–Crippen MR) is 122 cm³/mol. The normalized spacial score (nSPS) is 20.6. The first-order chi connectivity index (χ1) is 17.0. The summed E-state index contributed by atoms with van der Waals surface area (Å²) in [5.41, 5.74) is 1.50. The highest BCUT2D eigenvalue weighted by Crippen LogP contribution is 2.35. The van der Waals surface area contributed by atoms with Crippen molar-refractivity contribution in [2.45, 2.75) is 38.3 Å². The van der Waals surface area contributed by atoms with Crippen LogP contribution in [-0.4, -0.2) is 56.2 Å². The van der Waals surface area contributed by atoms with Gasteiger partial charge < -0.3 is 9.42 Å². The molecule has 0 spiro atoms. The fraction of sp³-hybridized carbons (Fsp3) is 0.280. The number of nitrogens with zero attached hydrogens (tertiary/aromatic N) is 4. The van der Waals surface area contributed by atoms with Crippen LogP contribution in [0.1, 0.15) is 31.6 Å². The van der Waals surface area contributed by atoms with Crippen LogP contribution in [0.3, 0.4) is 0 Å². The quantitative estimate of drug-likeness (QED) is 0.572. The number of piperidine rings is 1. The summed E-state index contributed by atoms with van der Waals surface area (Å²) >= 11 is 0. The lowest BCUT2D eigenvalue weighted by molar-refractivity contribution is -0.150. The van der Waals surface area contributed by atoms with E-state index < -0.39 is 29.7 Å². The van der Waals surface area contributed by atoms with E-state index in [2.05, 4.69) is 15.5 Å². The zero-order valence-electron chi connectivity index (χ0n) is 18.7. The third-order valence-electron chi connectivity index (χ3n) is 6.70. The number of carbonyl (C=O) groups excluding carboxylic acids is 4. The Labute approximate surface area is 199 Å². The van der Waals surface area contributed by atoms with E-state index in [0.29, 0.717) is 36.7 Å². The van der Waals surface area contributed by atoms with Gasteiger partial charge in [0, 0.05) is 24.1 Å². The molecule has 176 valence electrons. The van der Waals surface area contributed by atoms with Gasteiger partial charge in [0.1, 0.15) is 11.7 Å². The Hall–Kier alpha value is -4.34. The van der Waals surface area contributed by atoms with E-state index in [1.165, 1.54) is 0 Å². The van der Waals surface area contributed by atoms with Gasteiger partial charge >= 0.3 is 0 Å². The molecule has 4 amide bonds. The first-order valence-electron chi connectivity index (χ1n) is 11.5. The number of hydrogen-bond acceptors (Lipinski definition) is 8. The summed E-state index contributed by atoms with van der Waals surface area (Å²) < 4.78 is 5.52. The molecule has 1 saturated heterocycles. The summed E-state index contributed by atoms with van der Waals surface area (Å²) in [5.74, 6) is -1.24. The molecule has 0 aliphatic carbocycles. The number of rotatable bonds is 4. The van der Waals surface area contributed by atoms with Gasteiger partial charge in [-0.15, -0.1) is 0 Å². The molecule has 3 aliphatic heterocycles. The summed E-state index contributed by atoms with van der Waals surface area (Å²) in [6, 6.07) is 12.8. The number of aromatic nitrogens is 2. The molecule has 3 aromatic rings. The first-order valence-corrected chi connectivity index (χ1v) is 11.5. The van der Waals surface area contributed by atoms with Gasteiger partial charge in [0.05, 0.1) is 6.54 Å². The molecule has 4 heterocycles. The van der Waals surface area contributed by atoms with Crippen molar-refractivity contribution >= 4 is 34.4 Å². The van der Waals surface area contributed by atoms with Crippen LogP contribution in [0, 0.1) is 0 Å². The molecule has 10 nitrogen and oxygen atoms in total. The van der Waals surface area contributed by atoms with Crippen molar-refractivity contribution in [2.75, 3.05) is 6.54 Å². The minimum absolute atomic E-state index is 0.0841. The maximum absolute atomic E-state index is 13.3. The average Bonchev–Trinajstić information content (AvgIpc) is 3.42. The molecule has 1 atom stereocenters. The molecular formula is C25H21N5O5. The third kappa shape index (κ3) is 3.49. The molecular weight excluding hydrogens is 450 g/mol. The smallest absolute Gasteiger partial charge is 0.278 e. The molecule has 1 fully saturated rings. The summed E-state index contributed by atoms with van der Waals surface area (Å²) in [7, 11) is 0. The predicted octanol–water partition coefficient (Wildman–Crippen LogP) is 1.91. The molecule has 6 rings (SSSR count). The topological polar surface area (TPSA) is 126 Å². The molecule has 1 N–H and O–H groups in total. The Kier molecular flexibility index (Phi) is 4.94. The monoisotopic (exact) mass is 471 g/mol. The number of imide groups is 2. The number of hydrogen-bond donors (Lipinski definition) is 1. The maximum Gasteiger partial charge on any atom is 0.278 e. The largest absolute Gasteiger partial charge is 0.357 e. The van der Waals surface area contributed by atoms with Crippen molar-refractivity contribution in [3.63, 3.8) is 0 Å². The van der Waals surface area contributed by atoms with Crippen LogP contribution < -0.4 is 5.32 Å². The van der Waals surface area contributed by atoms with Gasteiger partial charge in [-0.3, -0.25) is 29.4 Å². The molecule has 3 aliphatic rings. The molecule has 10 heteroatoms. The average molecular weight is 471 g/mol. The molecule has 0 radical (unpaired) electrons. The maximum atomic E-state index is 13.3. The van der Waals surface area contributed by atoms with Gasteiger partial charge in [-0.25, -0.2) is 0 Å². The van der Waals surface area contributed by atoms with Crippen LogP contribution in [0.5, 0.6) is 0 Å². The van der Waals surface area contributed by atoms with E-state index in [0.717, 1.165) is 21.2 Å². The van der Waals surface area contributed by atoms with Gasteiger partial charge in [0.25, 0.3) is 11.8 Å². The molecule has 1 unspecified atom stereocenters. The summed E-state index contributed by atoms with van der Waals surface area (Å²) in [5, 5.41) is 8.43. The first kappa shape index (κ1) is 21.2. The minimum atomic E-state index is -0.985. The Morgan fingerprint density at radius 3 is 2.69 bits per heavy atom. The second-order valence-corrected chi connectivity index (χ2v) is 8.84. The van der Waals surface area contributed by atoms with E-state index in [4.69, 9.17) is 4.52 Å². The summed E-state index contributed by atoms with van der Waals surface area (Å²) in [4.78, 5) is 57.6. The van der Waals surface area contributed by atoms with Crippen molar-refractivity contribution in [2.24, 2.45) is 0 Å². The van der Waals surface area contributed by atoms with Gasteiger partial charge in [0.15, 0.2) is 0 Å². The SMILES string of the molecule is O=C1CCC(N2C(=O)C3=C(C2=O)N(Cc2nc(-c4cccc5ccccc45)no2)CCC3)C(=O)N1. The highest BCUT2D eigenvalue weighted by molar-refractivity contribution is 6.21. The van der Waals surface area contributed by atoms with E-state index in [1.807, 2.05) is 42.5 Å². The van der Waals surface area contributed by atoms with Crippen molar-refractivity contribution in [3.8, 4) is 11.4 Å². The standard InChI is InChI=1S/C25H21N5O5/c31-19-11-10-18(23(32)26-19)30-24(33)17-9-4-12-29(21(17)25(30)34)13-20-27-22(28-35-20)16-8-3-6-14-5-1-2-7-15(14)16/h1-3,5-8,18H,4,9-13H2,(H,26,31,32). The lowest BCUT2D eigenvalue weighted by Gasteiger charge is -2.29. The van der Waals surface area contributed by atoms with Crippen LogP contribution in [-0.2, 0) is 25.7 Å². The van der Waals surface area contributed by atoms with E-state index in [-0.39, 0.29) is 25.1 Å². The third-order valence-corrected chi connectivity index (χ3v) is 6.70. The highest BCUT2D eigenvalue weighted by Gasteiger charge is 2.48. The molecule has 2 aromatic carbocycles. The second-order valence-electron chi connectivity index (χ2n) is 8.84. The number of carbonyl (C=O) groups is 4. The Bertz CT molecular complexity index is 1440. The lowest BCUT2D eigenvalue weighted by Crippen LogP contribution is -2.55. The van der Waals surface area contributed by atoms with Gasteiger partial charge in [-0.2, -0.15) is 4.98 Å². The highest BCUT2D eigenvalue weighted by atomic mass is 16.5. The Morgan fingerprint density at radius 2 is 1.83 bits per heavy atom. The fourth-order valence-electron chi connectivity index (χ4n) is 5.07. The number of nitrogens with one attached hydrogen (secondary N) is 1. The van der Waals surface area contributed by atoms with Crippen LogP contribution >= 0.6 is 0 Å². The van der Waals surface area contributed by atoms with Crippen molar-refractivity contribution in [1.82, 2.24) is 25.3 Å². The molecule has 1 aromatic heterocycles. The molecule has 35 heavy (non-hydrogen) atoms. The van der Waals surface area contributed by atoms with Gasteiger partial charge in [-0.05, 0) is 30.0 Å². The molecule has 0 saturated carbocycles. The van der Waals surface area contributed by atoms with Crippen LogP contribution in [0.15, 0.2) is 58.3 Å². The summed E-state index contributed by atoms with van der Waals surface area (Å²) in [6.45, 7) is 0.700. The summed E-state index contributed by atoms with van der Waals surface area (Å²) in [6.07, 6.45) is 1.33. The van der Waals surface area contributed by atoms with Crippen molar-refractivity contribution in [1.29, 1.82) is 0 Å². The Balaban J connectivity index is 1.26. The number of benzene rings is 2. The van der Waals surface area contributed by atoms with Crippen molar-refractivity contribution < 1.29 is 23.7 Å². The van der Waals surface area contributed by atoms with E-state index in [9.17, 15) is 19.2 Å². The Morgan fingerprint density at radius 1 is 1.00 bits per heavy atom. The van der Waals surface area contributed by atoms with Crippen LogP contribution in [0.4, 0.5) is 0 Å². The zero-order chi connectivity index (χ0) is 24.1. The lowest BCUT2D eigenvalue weighted by atomic mass is 10.0.